The Kier molecular flexibility index (Phi) is 3.44. The first-order valence-corrected chi connectivity index (χ1v) is 6.74. The molecule has 1 aromatic heterocycles. The molecule has 0 unspecified atom stereocenters. The van der Waals surface area contributed by atoms with Gasteiger partial charge in [-0.05, 0) is 24.7 Å². The first-order valence-electron chi connectivity index (χ1n) is 6.36. The molecule has 0 bridgehead atoms. The van der Waals surface area contributed by atoms with Crippen LogP contribution in [-0.4, -0.2) is 23.4 Å². The van der Waals surface area contributed by atoms with Gasteiger partial charge in [0.25, 0.3) is 0 Å². The van der Waals surface area contributed by atoms with E-state index in [9.17, 15) is 0 Å². The number of nitrogens with one attached hydrogen (secondary N) is 1. The van der Waals surface area contributed by atoms with Crippen molar-refractivity contribution in [1.82, 2.24) is 15.1 Å². The molecule has 1 aliphatic heterocycles. The Morgan fingerprint density at radius 1 is 1.47 bits per heavy atom. The Hall–Kier alpha value is -1.52. The molecule has 0 saturated carbocycles. The summed E-state index contributed by atoms with van der Waals surface area (Å²) in [4.78, 5) is 0. The number of rotatable bonds is 4. The van der Waals surface area contributed by atoms with E-state index < -0.39 is 0 Å². The number of hydrogen-bond acceptors (Lipinski definition) is 3. The summed E-state index contributed by atoms with van der Waals surface area (Å²) in [6.45, 7) is 2.25. The molecule has 5 heteroatoms. The fourth-order valence-corrected chi connectivity index (χ4v) is 2.69. The monoisotopic (exact) mass is 277 g/mol. The van der Waals surface area contributed by atoms with Gasteiger partial charge >= 0.3 is 0 Å². The molecule has 2 heterocycles. The summed E-state index contributed by atoms with van der Waals surface area (Å²) in [5, 5.41) is 8.24. The average Bonchev–Trinajstić information content (AvgIpc) is 2.98. The topological polar surface area (TPSA) is 39.1 Å². The molecule has 1 aliphatic rings. The van der Waals surface area contributed by atoms with Gasteiger partial charge in [-0.1, -0.05) is 11.6 Å². The minimum atomic E-state index is 0.687. The highest BCUT2D eigenvalue weighted by Gasteiger charge is 2.17. The zero-order chi connectivity index (χ0) is 13.2. The number of fused-ring (bicyclic) bond motifs is 1. The van der Waals surface area contributed by atoms with Gasteiger partial charge in [0.2, 0.25) is 0 Å². The molecule has 0 atom stereocenters. The smallest absolute Gasteiger partial charge is 0.127 e. The van der Waals surface area contributed by atoms with Crippen LogP contribution in [0.3, 0.4) is 0 Å². The Labute approximate surface area is 117 Å². The van der Waals surface area contributed by atoms with Crippen LogP contribution in [0.5, 0.6) is 5.75 Å². The van der Waals surface area contributed by atoms with Crippen molar-refractivity contribution in [2.75, 3.05) is 13.7 Å². The van der Waals surface area contributed by atoms with E-state index in [1.54, 1.807) is 0 Å². The highest BCUT2D eigenvalue weighted by Crippen LogP contribution is 2.33. The molecule has 3 rings (SSSR count). The van der Waals surface area contributed by atoms with Crippen LogP contribution >= 0.6 is 11.6 Å². The predicted octanol–water partition coefficient (Wildman–Crippen LogP) is 2.24. The molecule has 2 aromatic rings. The summed E-state index contributed by atoms with van der Waals surface area (Å²) in [5.41, 5.74) is 3.46. The molecule has 1 N–H and O–H groups in total. The summed E-state index contributed by atoms with van der Waals surface area (Å²) >= 11 is 6.15. The standard InChI is InChI=1S/C14H16ClN3O/c1-16-6-10-7-17-18(8-10)9-12-5-13(15)4-11-2-3-19-14(11)12/h4-5,7-8,16H,2-3,6,9H2,1H3. The van der Waals surface area contributed by atoms with Crippen LogP contribution in [0.4, 0.5) is 0 Å². The summed E-state index contributed by atoms with van der Waals surface area (Å²) in [6.07, 6.45) is 4.86. The minimum Gasteiger partial charge on any atom is -0.493 e. The maximum Gasteiger partial charge on any atom is 0.127 e. The Balaban J connectivity index is 1.86. The van der Waals surface area contributed by atoms with Gasteiger partial charge in [0.1, 0.15) is 5.75 Å². The van der Waals surface area contributed by atoms with Crippen molar-refractivity contribution in [3.63, 3.8) is 0 Å². The van der Waals surface area contributed by atoms with Crippen molar-refractivity contribution in [3.05, 3.63) is 46.2 Å². The summed E-state index contributed by atoms with van der Waals surface area (Å²) in [7, 11) is 1.93. The molecule has 0 amide bonds. The zero-order valence-electron chi connectivity index (χ0n) is 10.8. The second-order valence-corrected chi connectivity index (χ2v) is 5.16. The third-order valence-electron chi connectivity index (χ3n) is 3.23. The number of ether oxygens (including phenoxy) is 1. The first kappa shape index (κ1) is 12.5. The van der Waals surface area contributed by atoms with Crippen LogP contribution in [0.2, 0.25) is 5.02 Å². The van der Waals surface area contributed by atoms with Crippen LogP contribution in [0.25, 0.3) is 0 Å². The Morgan fingerprint density at radius 3 is 3.21 bits per heavy atom. The van der Waals surface area contributed by atoms with Crippen molar-refractivity contribution in [2.24, 2.45) is 0 Å². The quantitative estimate of drug-likeness (QED) is 0.932. The molecular weight excluding hydrogens is 262 g/mol. The molecule has 0 aliphatic carbocycles. The molecule has 100 valence electrons. The van der Waals surface area contributed by atoms with Gasteiger partial charge in [-0.2, -0.15) is 5.10 Å². The molecule has 0 spiro atoms. The van der Waals surface area contributed by atoms with E-state index in [1.165, 1.54) is 11.1 Å². The predicted molar refractivity (Wildman–Crippen MR) is 74.7 cm³/mol. The van der Waals surface area contributed by atoms with Crippen molar-refractivity contribution in [1.29, 1.82) is 0 Å². The van der Waals surface area contributed by atoms with Crippen molar-refractivity contribution in [2.45, 2.75) is 19.5 Å². The van der Waals surface area contributed by atoms with Crippen molar-refractivity contribution < 1.29 is 4.74 Å². The number of nitrogens with zero attached hydrogens (tertiary/aromatic N) is 2. The van der Waals surface area contributed by atoms with Crippen LogP contribution in [0.15, 0.2) is 24.5 Å². The molecular formula is C14H16ClN3O. The number of halogens is 1. The summed E-state index contributed by atoms with van der Waals surface area (Å²) in [5.74, 6) is 0.982. The fourth-order valence-electron chi connectivity index (χ4n) is 2.43. The van der Waals surface area contributed by atoms with Gasteiger partial charge in [-0.15, -0.1) is 0 Å². The van der Waals surface area contributed by atoms with E-state index in [1.807, 2.05) is 36.3 Å². The maximum absolute atomic E-state index is 6.15. The van der Waals surface area contributed by atoms with E-state index in [0.717, 1.165) is 35.9 Å². The molecule has 4 nitrogen and oxygen atoms in total. The minimum absolute atomic E-state index is 0.687. The highest BCUT2D eigenvalue weighted by molar-refractivity contribution is 6.30. The number of hydrogen-bond donors (Lipinski definition) is 1. The highest BCUT2D eigenvalue weighted by atomic mass is 35.5. The van der Waals surface area contributed by atoms with Crippen molar-refractivity contribution in [3.8, 4) is 5.75 Å². The SMILES string of the molecule is CNCc1cnn(Cc2cc(Cl)cc3c2OCC3)c1. The van der Waals surface area contributed by atoms with Gasteiger partial charge in [0.05, 0.1) is 19.3 Å². The van der Waals surface area contributed by atoms with E-state index in [2.05, 4.69) is 10.4 Å². The fraction of sp³-hybridized carbons (Fsp3) is 0.357. The molecule has 0 radical (unpaired) electrons. The zero-order valence-corrected chi connectivity index (χ0v) is 11.6. The molecule has 1 aromatic carbocycles. The van der Waals surface area contributed by atoms with Crippen LogP contribution in [-0.2, 0) is 19.5 Å². The van der Waals surface area contributed by atoms with Crippen LogP contribution < -0.4 is 10.1 Å². The van der Waals surface area contributed by atoms with E-state index in [0.29, 0.717) is 6.54 Å². The largest absolute Gasteiger partial charge is 0.493 e. The van der Waals surface area contributed by atoms with E-state index >= 15 is 0 Å². The lowest BCUT2D eigenvalue weighted by atomic mass is 10.1. The Morgan fingerprint density at radius 2 is 2.37 bits per heavy atom. The number of aromatic nitrogens is 2. The second kappa shape index (κ2) is 5.23. The lowest BCUT2D eigenvalue weighted by molar-refractivity contribution is 0.352. The number of benzene rings is 1. The van der Waals surface area contributed by atoms with Gasteiger partial charge in [-0.25, -0.2) is 0 Å². The lowest BCUT2D eigenvalue weighted by Crippen LogP contribution is -2.04. The van der Waals surface area contributed by atoms with E-state index in [4.69, 9.17) is 16.3 Å². The third-order valence-corrected chi connectivity index (χ3v) is 3.44. The second-order valence-electron chi connectivity index (χ2n) is 4.73. The van der Waals surface area contributed by atoms with Crippen LogP contribution in [0.1, 0.15) is 16.7 Å². The van der Waals surface area contributed by atoms with Gasteiger partial charge in [0.15, 0.2) is 0 Å². The summed E-state index contributed by atoms with van der Waals surface area (Å²) < 4.78 is 7.62. The normalized spacial score (nSPS) is 13.4. The third kappa shape index (κ3) is 2.60. The van der Waals surface area contributed by atoms with E-state index in [-0.39, 0.29) is 0 Å². The lowest BCUT2D eigenvalue weighted by Gasteiger charge is -2.09. The summed E-state index contributed by atoms with van der Waals surface area (Å²) in [6, 6.07) is 3.95. The average molecular weight is 278 g/mol. The molecule has 0 saturated heterocycles. The molecule has 19 heavy (non-hydrogen) atoms. The molecule has 0 fully saturated rings. The van der Waals surface area contributed by atoms with Gasteiger partial charge in [0, 0.05) is 35.3 Å². The first-order chi connectivity index (χ1) is 9.26. The van der Waals surface area contributed by atoms with Crippen molar-refractivity contribution >= 4 is 11.6 Å². The Bertz CT molecular complexity index is 594. The van der Waals surface area contributed by atoms with Crippen LogP contribution in [0, 0.1) is 0 Å². The van der Waals surface area contributed by atoms with Gasteiger partial charge in [-0.3, -0.25) is 4.68 Å². The van der Waals surface area contributed by atoms with Gasteiger partial charge < -0.3 is 10.1 Å². The maximum atomic E-state index is 6.15.